The summed E-state index contributed by atoms with van der Waals surface area (Å²) in [6, 6.07) is 2.67. The highest BCUT2D eigenvalue weighted by Crippen LogP contribution is 2.34. The molecule has 0 radical (unpaired) electrons. The van der Waals surface area contributed by atoms with Gasteiger partial charge in [0.15, 0.2) is 18.4 Å². The van der Waals surface area contributed by atoms with Crippen LogP contribution in [0, 0.1) is 0 Å². The van der Waals surface area contributed by atoms with Crippen LogP contribution in [0.4, 0.5) is 0 Å². The van der Waals surface area contributed by atoms with Crippen LogP contribution >= 0.6 is 0 Å². The van der Waals surface area contributed by atoms with Crippen molar-refractivity contribution in [2.75, 3.05) is 6.61 Å². The third kappa shape index (κ3) is 4.54. The SMILES string of the molecule is CC(=O)OC[C@H]1O[C@@H](n2cc3ccc(=O)nc-3[nH]c2=O)[C@H](OC(C)=O)[C@@H]1OC(C)=O. The van der Waals surface area contributed by atoms with Gasteiger partial charge in [0.2, 0.25) is 0 Å². The van der Waals surface area contributed by atoms with Crippen LogP contribution in [0.2, 0.25) is 0 Å². The molecule has 3 aliphatic heterocycles. The Kier molecular flexibility index (Phi) is 5.96. The zero-order valence-electron chi connectivity index (χ0n) is 16.3. The van der Waals surface area contributed by atoms with Gasteiger partial charge in [-0.3, -0.25) is 28.7 Å². The molecule has 160 valence electrons. The summed E-state index contributed by atoms with van der Waals surface area (Å²) in [5.74, 6) is -1.91. The Morgan fingerprint density at radius 2 is 1.73 bits per heavy atom. The molecule has 4 atom stereocenters. The first-order chi connectivity index (χ1) is 14.2. The molecule has 0 aromatic rings. The molecule has 12 heteroatoms. The first kappa shape index (κ1) is 21.2. The highest BCUT2D eigenvalue weighted by molar-refractivity contribution is 5.68. The number of esters is 3. The van der Waals surface area contributed by atoms with Crippen LogP contribution in [0.5, 0.6) is 0 Å². The zero-order valence-corrected chi connectivity index (χ0v) is 16.3. The highest BCUT2D eigenvalue weighted by Gasteiger charge is 2.51. The molecule has 0 bridgehead atoms. The molecule has 3 rings (SSSR count). The lowest BCUT2D eigenvalue weighted by atomic mass is 10.1. The lowest BCUT2D eigenvalue weighted by molar-refractivity contribution is -0.166. The van der Waals surface area contributed by atoms with Crippen molar-refractivity contribution in [3.05, 3.63) is 39.2 Å². The van der Waals surface area contributed by atoms with Crippen LogP contribution in [-0.4, -0.2) is 57.4 Å². The Morgan fingerprint density at radius 1 is 1.07 bits per heavy atom. The number of pyridine rings is 1. The molecule has 12 nitrogen and oxygen atoms in total. The third-order valence-electron chi connectivity index (χ3n) is 4.25. The van der Waals surface area contributed by atoms with Crippen molar-refractivity contribution in [3.8, 4) is 11.4 Å². The number of H-pyrrole nitrogens is 1. The Balaban J connectivity index is 2.05. The maximum atomic E-state index is 12.6. The standard InChI is InChI=1S/C18H19N3O9/c1-8(22)27-7-12-14(28-9(2)23)15(29-10(3)24)17(30-12)21-6-11-4-5-13(25)19-16(11)20-18(21)26/h4-6,12,14-15,17H,7H2,1-3H3,(H,19,20,25,26)/t12-,14-,15-,17-/m1/s1. The van der Waals surface area contributed by atoms with Crippen LogP contribution in [0.15, 0.2) is 27.9 Å². The monoisotopic (exact) mass is 421 g/mol. The first-order valence-corrected chi connectivity index (χ1v) is 8.91. The summed E-state index contributed by atoms with van der Waals surface area (Å²) in [6.45, 7) is 3.20. The van der Waals surface area contributed by atoms with Crippen LogP contribution < -0.4 is 11.2 Å². The van der Waals surface area contributed by atoms with Gasteiger partial charge in [-0.05, 0) is 6.07 Å². The number of nitrogens with zero attached hydrogens (tertiary/aromatic N) is 2. The van der Waals surface area contributed by atoms with Crippen LogP contribution in [-0.2, 0) is 33.3 Å². The second-order valence-corrected chi connectivity index (χ2v) is 6.57. The molecule has 1 saturated heterocycles. The van der Waals surface area contributed by atoms with E-state index in [-0.39, 0.29) is 12.4 Å². The van der Waals surface area contributed by atoms with Gasteiger partial charge in [-0.1, -0.05) is 0 Å². The Bertz CT molecular complexity index is 1060. The third-order valence-corrected chi connectivity index (χ3v) is 4.25. The van der Waals surface area contributed by atoms with Crippen LogP contribution in [0.1, 0.15) is 27.0 Å². The van der Waals surface area contributed by atoms with Crippen molar-refractivity contribution < 1.29 is 33.3 Å². The van der Waals surface area contributed by atoms with E-state index in [1.165, 1.54) is 25.3 Å². The number of aromatic nitrogens is 3. The number of fused-ring (bicyclic) bond motifs is 1. The second kappa shape index (κ2) is 8.45. The Hall–Kier alpha value is -3.54. The van der Waals surface area contributed by atoms with Crippen molar-refractivity contribution in [2.24, 2.45) is 0 Å². The smallest absolute Gasteiger partial charge is 0.329 e. The van der Waals surface area contributed by atoms with E-state index in [0.717, 1.165) is 18.4 Å². The lowest BCUT2D eigenvalue weighted by Gasteiger charge is -2.24. The van der Waals surface area contributed by atoms with E-state index >= 15 is 0 Å². The number of nitrogens with one attached hydrogen (secondary N) is 1. The maximum absolute atomic E-state index is 12.6. The van der Waals surface area contributed by atoms with Crippen molar-refractivity contribution in [1.29, 1.82) is 0 Å². The van der Waals surface area contributed by atoms with Crippen molar-refractivity contribution in [2.45, 2.75) is 45.3 Å². The predicted octanol–water partition coefficient (Wildman–Crippen LogP) is -0.640. The molecule has 1 fully saturated rings. The fourth-order valence-corrected chi connectivity index (χ4v) is 3.14. The number of hydrogen-bond acceptors (Lipinski definition) is 10. The van der Waals surface area contributed by atoms with E-state index in [4.69, 9.17) is 18.9 Å². The van der Waals surface area contributed by atoms with Crippen molar-refractivity contribution >= 4 is 17.9 Å². The van der Waals surface area contributed by atoms with Gasteiger partial charge < -0.3 is 18.9 Å². The summed E-state index contributed by atoms with van der Waals surface area (Å²) >= 11 is 0. The minimum absolute atomic E-state index is 0.0683. The normalized spacial score (nSPS) is 23.2. The summed E-state index contributed by atoms with van der Waals surface area (Å²) in [6.07, 6.45) is -3.20. The zero-order chi connectivity index (χ0) is 22.0. The molecule has 0 aromatic carbocycles. The van der Waals surface area contributed by atoms with Gasteiger partial charge in [0.1, 0.15) is 18.5 Å². The largest absolute Gasteiger partial charge is 0.463 e. The van der Waals surface area contributed by atoms with E-state index < -0.39 is 53.7 Å². The number of rotatable bonds is 5. The van der Waals surface area contributed by atoms with Gasteiger partial charge in [0.05, 0.1) is 0 Å². The van der Waals surface area contributed by atoms with E-state index in [1.807, 2.05) is 0 Å². The molecule has 0 amide bonds. The van der Waals surface area contributed by atoms with Gasteiger partial charge in [-0.2, -0.15) is 4.98 Å². The number of hydrogen-bond donors (Lipinski definition) is 1. The number of aromatic amines is 1. The number of carbonyl (C=O) groups is 3. The molecule has 0 saturated carbocycles. The summed E-state index contributed by atoms with van der Waals surface area (Å²) in [5, 5.41) is 0. The van der Waals surface area contributed by atoms with Crippen molar-refractivity contribution in [3.63, 3.8) is 0 Å². The van der Waals surface area contributed by atoms with E-state index in [0.29, 0.717) is 5.56 Å². The van der Waals surface area contributed by atoms with Gasteiger partial charge >= 0.3 is 23.6 Å². The Morgan fingerprint density at radius 3 is 2.37 bits per heavy atom. The van der Waals surface area contributed by atoms with Crippen molar-refractivity contribution in [1.82, 2.24) is 14.5 Å². The molecule has 30 heavy (non-hydrogen) atoms. The summed E-state index contributed by atoms with van der Waals surface area (Å²) in [7, 11) is 0. The molecular weight excluding hydrogens is 402 g/mol. The van der Waals surface area contributed by atoms with Gasteiger partial charge in [0.25, 0.3) is 5.56 Å². The lowest BCUT2D eigenvalue weighted by Crippen LogP contribution is -2.42. The average Bonchev–Trinajstić information content (AvgIpc) is 2.95. The summed E-state index contributed by atoms with van der Waals surface area (Å²) < 4.78 is 22.4. The van der Waals surface area contributed by atoms with Gasteiger partial charge in [0, 0.05) is 38.6 Å². The van der Waals surface area contributed by atoms with Gasteiger partial charge in [-0.25, -0.2) is 4.79 Å². The first-order valence-electron chi connectivity index (χ1n) is 8.91. The van der Waals surface area contributed by atoms with Crippen LogP contribution in [0.25, 0.3) is 11.4 Å². The molecule has 3 heterocycles. The molecule has 0 spiro atoms. The van der Waals surface area contributed by atoms with E-state index in [9.17, 15) is 24.0 Å². The minimum atomic E-state index is -1.21. The molecule has 1 N–H and O–H groups in total. The van der Waals surface area contributed by atoms with E-state index in [1.54, 1.807) is 0 Å². The molecule has 3 aliphatic rings. The van der Waals surface area contributed by atoms with Gasteiger partial charge in [-0.15, -0.1) is 0 Å². The highest BCUT2D eigenvalue weighted by atomic mass is 16.7. The second-order valence-electron chi connectivity index (χ2n) is 6.57. The molecule has 0 aromatic heterocycles. The average molecular weight is 421 g/mol. The molecule has 0 unspecified atom stereocenters. The number of ether oxygens (including phenoxy) is 4. The Labute approximate surface area is 169 Å². The summed E-state index contributed by atoms with van der Waals surface area (Å²) in [5.41, 5.74) is -0.827. The van der Waals surface area contributed by atoms with Crippen LogP contribution in [0.3, 0.4) is 0 Å². The molecular formula is C18H19N3O9. The minimum Gasteiger partial charge on any atom is -0.463 e. The number of carbonyl (C=O) groups excluding carboxylic acids is 3. The summed E-state index contributed by atoms with van der Waals surface area (Å²) in [4.78, 5) is 64.7. The topological polar surface area (TPSA) is 156 Å². The predicted molar refractivity (Wildman–Crippen MR) is 97.4 cm³/mol. The maximum Gasteiger partial charge on any atom is 0.329 e. The fraction of sp³-hybridized carbons (Fsp3) is 0.444. The van der Waals surface area contributed by atoms with E-state index in [2.05, 4.69) is 9.97 Å². The fourth-order valence-electron chi connectivity index (χ4n) is 3.14. The molecule has 0 aliphatic carbocycles. The quantitative estimate of drug-likeness (QED) is 0.486.